The second-order valence-electron chi connectivity index (χ2n) is 7.52. The molecule has 0 aromatic heterocycles. The van der Waals surface area contributed by atoms with Gasteiger partial charge in [0, 0.05) is 6.42 Å². The summed E-state index contributed by atoms with van der Waals surface area (Å²) in [4.78, 5) is 47.9. The Balaban J connectivity index is 2.89. The number of nitrogens with two attached hydrogens (primary N) is 1. The quantitative estimate of drug-likeness (QED) is 0.204. The van der Waals surface area contributed by atoms with Crippen LogP contribution in [-0.4, -0.2) is 70.3 Å². The third kappa shape index (κ3) is 9.45. The summed E-state index contributed by atoms with van der Waals surface area (Å²) in [5.41, 5.74) is 6.37. The summed E-state index contributed by atoms with van der Waals surface area (Å²) in [6.45, 7) is 2.39. The molecule has 0 saturated carbocycles. The van der Waals surface area contributed by atoms with Gasteiger partial charge in [-0.2, -0.15) is 0 Å². The van der Waals surface area contributed by atoms with Crippen LogP contribution < -0.4 is 21.7 Å². The molecule has 1 aromatic rings. The third-order valence-corrected chi connectivity index (χ3v) is 4.30. The number of carbonyl (C=O) groups is 4. The van der Waals surface area contributed by atoms with E-state index in [1.165, 1.54) is 24.3 Å². The topological polar surface area (TPSA) is 191 Å². The van der Waals surface area contributed by atoms with Gasteiger partial charge >= 0.3 is 5.97 Å². The third-order valence-electron chi connectivity index (χ3n) is 4.30. The molecule has 3 unspecified atom stereocenters. The molecule has 11 heteroatoms. The van der Waals surface area contributed by atoms with Gasteiger partial charge in [-0.15, -0.1) is 0 Å². The number of carboxylic acids is 1. The van der Waals surface area contributed by atoms with Crippen molar-refractivity contribution in [1.82, 2.24) is 16.0 Å². The predicted molar refractivity (Wildman–Crippen MR) is 111 cm³/mol. The maximum Gasteiger partial charge on any atom is 0.322 e. The number of nitrogens with one attached hydrogen (secondary N) is 3. The van der Waals surface area contributed by atoms with Crippen LogP contribution in [-0.2, 0) is 25.6 Å². The number of aliphatic hydroxyl groups excluding tert-OH is 1. The highest BCUT2D eigenvalue weighted by Gasteiger charge is 2.28. The van der Waals surface area contributed by atoms with Gasteiger partial charge in [0.25, 0.3) is 0 Å². The lowest BCUT2D eigenvalue weighted by atomic mass is 10.0. The molecular weight excluding hydrogens is 408 g/mol. The zero-order chi connectivity index (χ0) is 23.6. The maximum atomic E-state index is 12.6. The smallest absolute Gasteiger partial charge is 0.322 e. The standard InChI is InChI=1S/C20H30N4O7/c1-11(2)7-14(21)18(29)24-16(10-25)20(31)23-15(19(30)22-9-17(27)28)8-12-3-5-13(26)6-4-12/h3-6,11,14-16,25-26H,7-10,21H2,1-2H3,(H,22,30)(H,23,31)(H,24,29)(H,27,28). The zero-order valence-electron chi connectivity index (χ0n) is 17.5. The van der Waals surface area contributed by atoms with Gasteiger partial charge in [-0.1, -0.05) is 26.0 Å². The normalized spacial score (nSPS) is 13.7. The summed E-state index contributed by atoms with van der Waals surface area (Å²) in [6, 6.07) is 2.47. The summed E-state index contributed by atoms with van der Waals surface area (Å²) in [5.74, 6) is -3.31. The lowest BCUT2D eigenvalue weighted by Crippen LogP contribution is -2.57. The molecule has 1 rings (SSSR count). The fourth-order valence-electron chi connectivity index (χ4n) is 2.72. The molecule has 8 N–H and O–H groups in total. The van der Waals surface area contributed by atoms with Gasteiger partial charge in [0.05, 0.1) is 12.6 Å². The van der Waals surface area contributed by atoms with Crippen LogP contribution in [0.5, 0.6) is 5.75 Å². The highest BCUT2D eigenvalue weighted by atomic mass is 16.4. The number of benzene rings is 1. The molecule has 11 nitrogen and oxygen atoms in total. The van der Waals surface area contributed by atoms with Gasteiger partial charge in [0.1, 0.15) is 24.4 Å². The molecule has 0 saturated heterocycles. The van der Waals surface area contributed by atoms with Gasteiger partial charge < -0.3 is 37.0 Å². The first-order valence-electron chi connectivity index (χ1n) is 9.78. The van der Waals surface area contributed by atoms with Crippen molar-refractivity contribution < 1.29 is 34.5 Å². The van der Waals surface area contributed by atoms with E-state index in [-0.39, 0.29) is 18.1 Å². The number of rotatable bonds is 12. The van der Waals surface area contributed by atoms with E-state index in [9.17, 15) is 29.4 Å². The Bertz CT molecular complexity index is 767. The lowest BCUT2D eigenvalue weighted by Gasteiger charge is -2.23. The number of aromatic hydroxyl groups is 1. The van der Waals surface area contributed by atoms with Crippen LogP contribution in [0, 0.1) is 5.92 Å². The Hall–Kier alpha value is -3.18. The van der Waals surface area contributed by atoms with Crippen LogP contribution in [0.4, 0.5) is 0 Å². The molecule has 172 valence electrons. The number of hydrogen-bond donors (Lipinski definition) is 7. The molecule has 0 heterocycles. The summed E-state index contributed by atoms with van der Waals surface area (Å²) in [7, 11) is 0. The van der Waals surface area contributed by atoms with Crippen LogP contribution in [0.1, 0.15) is 25.8 Å². The van der Waals surface area contributed by atoms with E-state index < -0.39 is 55.0 Å². The first-order chi connectivity index (χ1) is 14.5. The molecule has 3 amide bonds. The lowest BCUT2D eigenvalue weighted by molar-refractivity contribution is -0.138. The highest BCUT2D eigenvalue weighted by molar-refractivity contribution is 5.93. The molecule has 0 aliphatic carbocycles. The number of aliphatic hydroxyl groups is 1. The maximum absolute atomic E-state index is 12.6. The van der Waals surface area contributed by atoms with E-state index >= 15 is 0 Å². The van der Waals surface area contributed by atoms with Crippen LogP contribution in [0.15, 0.2) is 24.3 Å². The average molecular weight is 438 g/mol. The van der Waals surface area contributed by atoms with Crippen molar-refractivity contribution >= 4 is 23.7 Å². The Labute approximate surface area is 180 Å². The first kappa shape index (κ1) is 25.9. The predicted octanol–water partition coefficient (Wildman–Crippen LogP) is -1.53. The van der Waals surface area contributed by atoms with Gasteiger partial charge in [0.2, 0.25) is 17.7 Å². The second kappa shape index (κ2) is 12.5. The van der Waals surface area contributed by atoms with Crippen molar-refractivity contribution in [3.63, 3.8) is 0 Å². The largest absolute Gasteiger partial charge is 0.508 e. The van der Waals surface area contributed by atoms with E-state index in [1.807, 2.05) is 13.8 Å². The zero-order valence-corrected chi connectivity index (χ0v) is 17.5. The van der Waals surface area contributed by atoms with Crippen molar-refractivity contribution in [3.8, 4) is 5.75 Å². The van der Waals surface area contributed by atoms with E-state index in [0.29, 0.717) is 12.0 Å². The SMILES string of the molecule is CC(C)CC(N)C(=O)NC(CO)C(=O)NC(Cc1ccc(O)cc1)C(=O)NCC(=O)O. The van der Waals surface area contributed by atoms with Gasteiger partial charge in [-0.3, -0.25) is 19.2 Å². The Kier molecular flexibility index (Phi) is 10.4. The van der Waals surface area contributed by atoms with E-state index in [1.54, 1.807) is 0 Å². The minimum atomic E-state index is -1.35. The summed E-state index contributed by atoms with van der Waals surface area (Å²) in [6.07, 6.45) is 0.364. The Morgan fingerprint density at radius 2 is 1.55 bits per heavy atom. The molecule has 0 radical (unpaired) electrons. The monoisotopic (exact) mass is 438 g/mol. The fraction of sp³-hybridized carbons (Fsp3) is 0.500. The summed E-state index contributed by atoms with van der Waals surface area (Å²) < 4.78 is 0. The fourth-order valence-corrected chi connectivity index (χ4v) is 2.72. The second-order valence-corrected chi connectivity index (χ2v) is 7.52. The van der Waals surface area contributed by atoms with Crippen LogP contribution >= 0.6 is 0 Å². The Morgan fingerprint density at radius 1 is 0.968 bits per heavy atom. The van der Waals surface area contributed by atoms with Crippen LogP contribution in [0.3, 0.4) is 0 Å². The molecular formula is C20H30N4O7. The molecule has 0 aliphatic heterocycles. The van der Waals surface area contributed by atoms with Crippen molar-refractivity contribution in [1.29, 1.82) is 0 Å². The number of amides is 3. The molecule has 0 bridgehead atoms. The number of carbonyl (C=O) groups excluding carboxylic acids is 3. The minimum absolute atomic E-state index is 0.0143. The van der Waals surface area contributed by atoms with Gasteiger partial charge in [-0.25, -0.2) is 0 Å². The number of phenols is 1. The summed E-state index contributed by atoms with van der Waals surface area (Å²) >= 11 is 0. The Morgan fingerprint density at radius 3 is 2.06 bits per heavy atom. The van der Waals surface area contributed by atoms with Gasteiger partial charge in [-0.05, 0) is 30.0 Å². The van der Waals surface area contributed by atoms with E-state index in [2.05, 4.69) is 16.0 Å². The molecule has 0 fully saturated rings. The average Bonchev–Trinajstić information content (AvgIpc) is 2.70. The number of carboxylic acid groups (broad SMARTS) is 1. The molecule has 3 atom stereocenters. The first-order valence-corrected chi connectivity index (χ1v) is 9.78. The van der Waals surface area contributed by atoms with Crippen LogP contribution in [0.2, 0.25) is 0 Å². The van der Waals surface area contributed by atoms with Crippen molar-refractivity contribution in [2.75, 3.05) is 13.2 Å². The minimum Gasteiger partial charge on any atom is -0.508 e. The van der Waals surface area contributed by atoms with Crippen molar-refractivity contribution in [2.45, 2.75) is 44.8 Å². The molecule has 0 spiro atoms. The van der Waals surface area contributed by atoms with Gasteiger partial charge in [0.15, 0.2) is 0 Å². The van der Waals surface area contributed by atoms with Crippen molar-refractivity contribution in [3.05, 3.63) is 29.8 Å². The molecule has 0 aliphatic rings. The van der Waals surface area contributed by atoms with E-state index in [4.69, 9.17) is 10.8 Å². The number of phenolic OH excluding ortho intramolecular Hbond substituents is 1. The number of hydrogen-bond acceptors (Lipinski definition) is 7. The van der Waals surface area contributed by atoms with Crippen LogP contribution in [0.25, 0.3) is 0 Å². The number of aliphatic carboxylic acids is 1. The highest BCUT2D eigenvalue weighted by Crippen LogP contribution is 2.11. The van der Waals surface area contributed by atoms with E-state index in [0.717, 1.165) is 0 Å². The molecule has 1 aromatic carbocycles. The summed E-state index contributed by atoms with van der Waals surface area (Å²) in [5, 5.41) is 34.6. The molecule has 31 heavy (non-hydrogen) atoms. The van der Waals surface area contributed by atoms with Crippen molar-refractivity contribution in [2.24, 2.45) is 11.7 Å².